The van der Waals surface area contributed by atoms with E-state index in [0.717, 1.165) is 13.0 Å². The lowest BCUT2D eigenvalue weighted by atomic mass is 9.97. The monoisotopic (exact) mass is 246 g/mol. The lowest BCUT2D eigenvalue weighted by Gasteiger charge is -2.26. The van der Waals surface area contributed by atoms with Crippen molar-refractivity contribution in [3.8, 4) is 0 Å². The van der Waals surface area contributed by atoms with E-state index in [9.17, 15) is 9.59 Å². The standard InChI is InChI=1S/C14H18N2O2/c1-11(12-5-3-2-4-6-12)7-8-16-9-13(17)15-14(18)10-16/h2-6,11H,7-10H2,1H3,(H,15,17,18). The predicted octanol–water partition coefficient (Wildman–Crippen LogP) is 1.14. The van der Waals surface area contributed by atoms with Gasteiger partial charge in [-0.25, -0.2) is 0 Å². The summed E-state index contributed by atoms with van der Waals surface area (Å²) in [4.78, 5) is 24.4. The van der Waals surface area contributed by atoms with Gasteiger partial charge >= 0.3 is 0 Å². The first kappa shape index (κ1) is 12.8. The highest BCUT2D eigenvalue weighted by molar-refractivity contribution is 5.99. The highest BCUT2D eigenvalue weighted by Gasteiger charge is 2.22. The molecule has 0 bridgehead atoms. The molecule has 0 spiro atoms. The fourth-order valence-corrected chi connectivity index (χ4v) is 2.18. The van der Waals surface area contributed by atoms with Crippen molar-refractivity contribution in [1.29, 1.82) is 0 Å². The summed E-state index contributed by atoms with van der Waals surface area (Å²) in [6.45, 7) is 3.59. The summed E-state index contributed by atoms with van der Waals surface area (Å²) in [5.74, 6) is 0.0449. The first-order chi connectivity index (χ1) is 8.65. The van der Waals surface area contributed by atoms with Gasteiger partial charge in [0.25, 0.3) is 0 Å². The minimum atomic E-state index is -0.196. The normalized spacial score (nSPS) is 18.5. The van der Waals surface area contributed by atoms with E-state index >= 15 is 0 Å². The maximum atomic E-state index is 11.2. The van der Waals surface area contributed by atoms with Gasteiger partial charge in [0, 0.05) is 0 Å². The van der Waals surface area contributed by atoms with Crippen molar-refractivity contribution in [3.63, 3.8) is 0 Å². The molecule has 1 unspecified atom stereocenters. The molecule has 0 aromatic heterocycles. The van der Waals surface area contributed by atoms with Crippen molar-refractivity contribution in [1.82, 2.24) is 10.2 Å². The minimum absolute atomic E-state index is 0.196. The van der Waals surface area contributed by atoms with Crippen LogP contribution in [0.15, 0.2) is 30.3 Å². The van der Waals surface area contributed by atoms with Crippen LogP contribution in [0.5, 0.6) is 0 Å². The fourth-order valence-electron chi connectivity index (χ4n) is 2.18. The molecule has 1 aromatic rings. The van der Waals surface area contributed by atoms with Crippen molar-refractivity contribution < 1.29 is 9.59 Å². The maximum Gasteiger partial charge on any atom is 0.240 e. The molecule has 0 radical (unpaired) electrons. The molecule has 1 aliphatic heterocycles. The van der Waals surface area contributed by atoms with Crippen LogP contribution in [0, 0.1) is 0 Å². The van der Waals surface area contributed by atoms with Crippen molar-refractivity contribution in [3.05, 3.63) is 35.9 Å². The number of nitrogens with one attached hydrogen (secondary N) is 1. The molecule has 4 nitrogen and oxygen atoms in total. The molecule has 0 aliphatic carbocycles. The quantitative estimate of drug-likeness (QED) is 0.810. The smallest absolute Gasteiger partial charge is 0.240 e. The third-order valence-electron chi connectivity index (χ3n) is 3.26. The molecule has 1 heterocycles. The predicted molar refractivity (Wildman–Crippen MR) is 69.1 cm³/mol. The molecule has 1 saturated heterocycles. The van der Waals surface area contributed by atoms with Gasteiger partial charge in [-0.3, -0.25) is 19.8 Å². The Hall–Kier alpha value is -1.68. The molecular formula is C14H18N2O2. The highest BCUT2D eigenvalue weighted by Crippen LogP contribution is 2.18. The summed E-state index contributed by atoms with van der Waals surface area (Å²) in [5.41, 5.74) is 1.30. The second-order valence-electron chi connectivity index (χ2n) is 4.78. The number of piperazine rings is 1. The minimum Gasteiger partial charge on any atom is -0.294 e. The summed E-state index contributed by atoms with van der Waals surface area (Å²) >= 11 is 0. The van der Waals surface area contributed by atoms with Crippen LogP contribution in [0.2, 0.25) is 0 Å². The third kappa shape index (κ3) is 3.40. The lowest BCUT2D eigenvalue weighted by Crippen LogP contribution is -2.51. The van der Waals surface area contributed by atoms with Gasteiger partial charge in [-0.2, -0.15) is 0 Å². The Morgan fingerprint density at radius 3 is 2.39 bits per heavy atom. The molecule has 18 heavy (non-hydrogen) atoms. The second kappa shape index (κ2) is 5.78. The van der Waals surface area contributed by atoms with Gasteiger partial charge < -0.3 is 0 Å². The van der Waals surface area contributed by atoms with E-state index in [2.05, 4.69) is 24.4 Å². The first-order valence-corrected chi connectivity index (χ1v) is 6.25. The van der Waals surface area contributed by atoms with Crippen LogP contribution in [-0.4, -0.2) is 36.3 Å². The molecule has 2 amide bonds. The topological polar surface area (TPSA) is 49.4 Å². The van der Waals surface area contributed by atoms with E-state index in [0.29, 0.717) is 19.0 Å². The molecule has 2 rings (SSSR count). The average molecular weight is 246 g/mol. The van der Waals surface area contributed by atoms with Crippen molar-refractivity contribution in [2.75, 3.05) is 19.6 Å². The van der Waals surface area contributed by atoms with Gasteiger partial charge in [0.15, 0.2) is 0 Å². The van der Waals surface area contributed by atoms with Crippen molar-refractivity contribution >= 4 is 11.8 Å². The van der Waals surface area contributed by atoms with E-state index in [1.165, 1.54) is 5.56 Å². The Morgan fingerprint density at radius 1 is 1.17 bits per heavy atom. The third-order valence-corrected chi connectivity index (χ3v) is 3.26. The van der Waals surface area contributed by atoms with Gasteiger partial charge in [-0.05, 0) is 24.4 Å². The van der Waals surface area contributed by atoms with Gasteiger partial charge in [0.1, 0.15) is 0 Å². The maximum absolute atomic E-state index is 11.2. The zero-order chi connectivity index (χ0) is 13.0. The van der Waals surface area contributed by atoms with E-state index in [-0.39, 0.29) is 11.8 Å². The number of imide groups is 1. The van der Waals surface area contributed by atoms with Crippen LogP contribution in [0.1, 0.15) is 24.8 Å². The molecule has 4 heteroatoms. The van der Waals surface area contributed by atoms with E-state index in [1.807, 2.05) is 23.1 Å². The Labute approximate surface area is 107 Å². The number of carbonyl (C=O) groups excluding carboxylic acids is 2. The SMILES string of the molecule is CC(CCN1CC(=O)NC(=O)C1)c1ccccc1. The number of hydrogen-bond acceptors (Lipinski definition) is 3. The lowest BCUT2D eigenvalue weighted by molar-refractivity contribution is -0.136. The Balaban J connectivity index is 1.84. The van der Waals surface area contributed by atoms with Crippen molar-refractivity contribution in [2.24, 2.45) is 0 Å². The van der Waals surface area contributed by atoms with Crippen LogP contribution in [0.3, 0.4) is 0 Å². The highest BCUT2D eigenvalue weighted by atomic mass is 16.2. The zero-order valence-electron chi connectivity index (χ0n) is 10.6. The number of amides is 2. The largest absolute Gasteiger partial charge is 0.294 e. The van der Waals surface area contributed by atoms with E-state index < -0.39 is 0 Å². The number of benzene rings is 1. The summed E-state index contributed by atoms with van der Waals surface area (Å²) in [6, 6.07) is 10.3. The van der Waals surface area contributed by atoms with Crippen LogP contribution >= 0.6 is 0 Å². The van der Waals surface area contributed by atoms with Crippen LogP contribution < -0.4 is 5.32 Å². The van der Waals surface area contributed by atoms with Gasteiger partial charge in [-0.1, -0.05) is 37.3 Å². The van der Waals surface area contributed by atoms with Crippen molar-refractivity contribution in [2.45, 2.75) is 19.3 Å². The van der Waals surface area contributed by atoms with Crippen LogP contribution in [0.25, 0.3) is 0 Å². The zero-order valence-corrected chi connectivity index (χ0v) is 10.6. The number of carbonyl (C=O) groups is 2. The molecule has 1 fully saturated rings. The molecule has 1 aliphatic rings. The molecule has 1 atom stereocenters. The molecular weight excluding hydrogens is 228 g/mol. The van der Waals surface area contributed by atoms with Gasteiger partial charge in [0.05, 0.1) is 13.1 Å². The van der Waals surface area contributed by atoms with Crippen LogP contribution in [-0.2, 0) is 9.59 Å². The Bertz CT molecular complexity index is 415. The molecule has 1 N–H and O–H groups in total. The fraction of sp³-hybridized carbons (Fsp3) is 0.429. The second-order valence-corrected chi connectivity index (χ2v) is 4.78. The van der Waals surface area contributed by atoms with Crippen LogP contribution in [0.4, 0.5) is 0 Å². The summed E-state index contributed by atoms with van der Waals surface area (Å²) < 4.78 is 0. The number of hydrogen-bond donors (Lipinski definition) is 1. The molecule has 96 valence electrons. The van der Waals surface area contributed by atoms with Gasteiger partial charge in [0.2, 0.25) is 11.8 Å². The van der Waals surface area contributed by atoms with E-state index in [1.54, 1.807) is 0 Å². The number of nitrogens with zero attached hydrogens (tertiary/aromatic N) is 1. The Morgan fingerprint density at radius 2 is 1.78 bits per heavy atom. The van der Waals surface area contributed by atoms with Gasteiger partial charge in [-0.15, -0.1) is 0 Å². The summed E-state index contributed by atoms with van der Waals surface area (Å²) in [5, 5.41) is 2.31. The molecule has 0 saturated carbocycles. The number of rotatable bonds is 4. The van der Waals surface area contributed by atoms with E-state index in [4.69, 9.17) is 0 Å². The average Bonchev–Trinajstić information content (AvgIpc) is 2.36. The molecule has 1 aromatic carbocycles. The summed E-state index contributed by atoms with van der Waals surface area (Å²) in [7, 11) is 0. The first-order valence-electron chi connectivity index (χ1n) is 6.25. The summed E-state index contributed by atoms with van der Waals surface area (Å²) in [6.07, 6.45) is 0.949. The Kier molecular flexibility index (Phi) is 4.10.